The van der Waals surface area contributed by atoms with Crippen LogP contribution in [0.15, 0.2) is 18.2 Å². The molecule has 0 aliphatic heterocycles. The highest BCUT2D eigenvalue weighted by Crippen LogP contribution is 2.11. The van der Waals surface area contributed by atoms with Crippen molar-refractivity contribution < 1.29 is 13.6 Å². The Kier molecular flexibility index (Phi) is 5.71. The van der Waals surface area contributed by atoms with Crippen LogP contribution in [0.4, 0.5) is 8.78 Å². The van der Waals surface area contributed by atoms with Gasteiger partial charge in [0.25, 0.3) is 5.91 Å². The Balaban J connectivity index is 2.83. The number of hydrogen-bond acceptors (Lipinski definition) is 2. The van der Waals surface area contributed by atoms with Crippen molar-refractivity contribution in [1.29, 1.82) is 0 Å². The predicted octanol–water partition coefficient (Wildman–Crippen LogP) is 2.17. The second-order valence-corrected chi connectivity index (χ2v) is 4.06. The summed E-state index contributed by atoms with van der Waals surface area (Å²) in [6.45, 7) is 3.35. The van der Waals surface area contributed by atoms with Crippen molar-refractivity contribution in [2.45, 2.75) is 19.8 Å². The van der Waals surface area contributed by atoms with E-state index in [4.69, 9.17) is 5.73 Å². The predicted molar refractivity (Wildman–Crippen MR) is 66.2 cm³/mol. The third kappa shape index (κ3) is 3.77. The van der Waals surface area contributed by atoms with Gasteiger partial charge in [-0.05, 0) is 24.6 Å². The van der Waals surface area contributed by atoms with Crippen molar-refractivity contribution in [3.8, 4) is 0 Å². The summed E-state index contributed by atoms with van der Waals surface area (Å²) in [5.41, 5.74) is 5.59. The summed E-state index contributed by atoms with van der Waals surface area (Å²) in [5, 5.41) is 0. The molecule has 0 aromatic heterocycles. The molecular weight excluding hydrogens is 238 g/mol. The van der Waals surface area contributed by atoms with Gasteiger partial charge in [0.05, 0.1) is 0 Å². The molecule has 0 aliphatic rings. The van der Waals surface area contributed by atoms with E-state index in [-0.39, 0.29) is 11.5 Å². The molecule has 0 aliphatic carbocycles. The van der Waals surface area contributed by atoms with E-state index >= 15 is 0 Å². The summed E-state index contributed by atoms with van der Waals surface area (Å²) in [4.78, 5) is 13.7. The molecule has 0 heterocycles. The average Bonchev–Trinajstić information content (AvgIpc) is 2.37. The molecule has 100 valence electrons. The number of hydrogen-bond donors (Lipinski definition) is 1. The third-order valence-corrected chi connectivity index (χ3v) is 2.63. The van der Waals surface area contributed by atoms with Gasteiger partial charge in [-0.2, -0.15) is 0 Å². The number of carbonyl (C=O) groups is 1. The van der Waals surface area contributed by atoms with E-state index in [1.54, 1.807) is 4.90 Å². The molecule has 0 spiro atoms. The zero-order valence-corrected chi connectivity index (χ0v) is 10.5. The van der Waals surface area contributed by atoms with Gasteiger partial charge >= 0.3 is 0 Å². The zero-order valence-electron chi connectivity index (χ0n) is 10.5. The minimum Gasteiger partial charge on any atom is -0.337 e. The monoisotopic (exact) mass is 256 g/mol. The minimum absolute atomic E-state index is 0.151. The first-order valence-electron chi connectivity index (χ1n) is 6.04. The number of amides is 1. The van der Waals surface area contributed by atoms with Crippen LogP contribution < -0.4 is 5.73 Å². The quantitative estimate of drug-likeness (QED) is 0.847. The van der Waals surface area contributed by atoms with E-state index in [0.29, 0.717) is 19.6 Å². The van der Waals surface area contributed by atoms with Crippen molar-refractivity contribution in [1.82, 2.24) is 4.90 Å². The molecule has 1 aromatic carbocycles. The zero-order chi connectivity index (χ0) is 13.5. The average molecular weight is 256 g/mol. The lowest BCUT2D eigenvalue weighted by molar-refractivity contribution is 0.0757. The fourth-order valence-corrected chi connectivity index (χ4v) is 1.63. The fourth-order valence-electron chi connectivity index (χ4n) is 1.63. The summed E-state index contributed by atoms with van der Waals surface area (Å²) in [6, 6.07) is 3.17. The van der Waals surface area contributed by atoms with E-state index in [1.165, 1.54) is 6.07 Å². The minimum atomic E-state index is -1.01. The summed E-state index contributed by atoms with van der Waals surface area (Å²) >= 11 is 0. The highest BCUT2D eigenvalue weighted by molar-refractivity contribution is 5.94. The SMILES string of the molecule is CCCCN(CCN)C(=O)c1ccc(F)c(F)c1. The molecule has 0 radical (unpaired) electrons. The molecule has 0 fully saturated rings. The molecule has 5 heteroatoms. The first kappa shape index (κ1) is 14.6. The number of rotatable bonds is 6. The fraction of sp³-hybridized carbons (Fsp3) is 0.462. The standard InChI is InChI=1S/C13H18F2N2O/c1-2-3-7-17(8-6-16)13(18)10-4-5-11(14)12(15)9-10/h4-5,9H,2-3,6-8,16H2,1H3. The van der Waals surface area contributed by atoms with Gasteiger partial charge in [-0.15, -0.1) is 0 Å². The molecule has 18 heavy (non-hydrogen) atoms. The molecule has 1 rings (SSSR count). The van der Waals surface area contributed by atoms with Crippen LogP contribution >= 0.6 is 0 Å². The van der Waals surface area contributed by atoms with Crippen molar-refractivity contribution in [2.24, 2.45) is 5.73 Å². The molecule has 0 bridgehead atoms. The lowest BCUT2D eigenvalue weighted by Crippen LogP contribution is -2.36. The van der Waals surface area contributed by atoms with Crippen LogP contribution in [0.5, 0.6) is 0 Å². The topological polar surface area (TPSA) is 46.3 Å². The summed E-state index contributed by atoms with van der Waals surface area (Å²) in [6.07, 6.45) is 1.81. The first-order chi connectivity index (χ1) is 8.60. The van der Waals surface area contributed by atoms with Crippen LogP contribution in [-0.4, -0.2) is 30.4 Å². The molecule has 1 aromatic rings. The van der Waals surface area contributed by atoms with Crippen molar-refractivity contribution in [3.63, 3.8) is 0 Å². The van der Waals surface area contributed by atoms with Crippen LogP contribution in [0.1, 0.15) is 30.1 Å². The molecule has 0 atom stereocenters. The highest BCUT2D eigenvalue weighted by atomic mass is 19.2. The Morgan fingerprint density at radius 2 is 2.00 bits per heavy atom. The van der Waals surface area contributed by atoms with Gasteiger partial charge < -0.3 is 10.6 Å². The number of benzene rings is 1. The smallest absolute Gasteiger partial charge is 0.254 e. The Hall–Kier alpha value is -1.49. The van der Waals surface area contributed by atoms with Crippen LogP contribution in [0.2, 0.25) is 0 Å². The summed E-state index contributed by atoms with van der Waals surface area (Å²) in [5.74, 6) is -2.28. The van der Waals surface area contributed by atoms with Gasteiger partial charge in [0.1, 0.15) is 0 Å². The van der Waals surface area contributed by atoms with Crippen LogP contribution in [0.25, 0.3) is 0 Å². The van der Waals surface area contributed by atoms with Crippen LogP contribution in [-0.2, 0) is 0 Å². The number of carbonyl (C=O) groups excluding carboxylic acids is 1. The Bertz CT molecular complexity index is 410. The Labute approximate surface area is 106 Å². The Morgan fingerprint density at radius 1 is 1.28 bits per heavy atom. The van der Waals surface area contributed by atoms with E-state index in [0.717, 1.165) is 25.0 Å². The molecule has 0 saturated carbocycles. The van der Waals surface area contributed by atoms with Gasteiger partial charge in [0.2, 0.25) is 0 Å². The third-order valence-electron chi connectivity index (χ3n) is 2.63. The number of halogens is 2. The summed E-state index contributed by atoms with van der Waals surface area (Å²) in [7, 11) is 0. The van der Waals surface area contributed by atoms with Gasteiger partial charge in [-0.3, -0.25) is 4.79 Å². The molecular formula is C13H18F2N2O. The maximum Gasteiger partial charge on any atom is 0.254 e. The van der Waals surface area contributed by atoms with Gasteiger partial charge in [0.15, 0.2) is 11.6 Å². The number of unbranched alkanes of at least 4 members (excludes halogenated alkanes) is 1. The second kappa shape index (κ2) is 7.06. The van der Waals surface area contributed by atoms with Crippen molar-refractivity contribution >= 4 is 5.91 Å². The lowest BCUT2D eigenvalue weighted by Gasteiger charge is -2.21. The van der Waals surface area contributed by atoms with Gasteiger partial charge in [-0.25, -0.2) is 8.78 Å². The summed E-state index contributed by atoms with van der Waals surface area (Å²) < 4.78 is 25.9. The second-order valence-electron chi connectivity index (χ2n) is 4.06. The van der Waals surface area contributed by atoms with E-state index in [1.807, 2.05) is 6.92 Å². The Morgan fingerprint density at radius 3 is 2.56 bits per heavy atom. The van der Waals surface area contributed by atoms with Crippen LogP contribution in [0.3, 0.4) is 0 Å². The number of nitrogens with two attached hydrogens (primary N) is 1. The van der Waals surface area contributed by atoms with E-state index < -0.39 is 11.6 Å². The molecule has 1 amide bonds. The van der Waals surface area contributed by atoms with Gasteiger partial charge in [0, 0.05) is 25.2 Å². The van der Waals surface area contributed by atoms with E-state index in [2.05, 4.69) is 0 Å². The number of nitrogens with zero attached hydrogens (tertiary/aromatic N) is 1. The maximum absolute atomic E-state index is 13.1. The van der Waals surface area contributed by atoms with Crippen molar-refractivity contribution in [3.05, 3.63) is 35.4 Å². The van der Waals surface area contributed by atoms with Crippen molar-refractivity contribution in [2.75, 3.05) is 19.6 Å². The maximum atomic E-state index is 13.1. The first-order valence-corrected chi connectivity index (χ1v) is 6.04. The molecule has 3 nitrogen and oxygen atoms in total. The normalized spacial score (nSPS) is 10.4. The highest BCUT2D eigenvalue weighted by Gasteiger charge is 2.16. The molecule has 0 unspecified atom stereocenters. The largest absolute Gasteiger partial charge is 0.337 e. The van der Waals surface area contributed by atoms with Crippen LogP contribution in [0, 0.1) is 11.6 Å². The lowest BCUT2D eigenvalue weighted by atomic mass is 10.1. The van der Waals surface area contributed by atoms with Gasteiger partial charge in [-0.1, -0.05) is 13.3 Å². The molecule has 0 saturated heterocycles. The van der Waals surface area contributed by atoms with E-state index in [9.17, 15) is 13.6 Å². The molecule has 2 N–H and O–H groups in total.